The van der Waals surface area contributed by atoms with Gasteiger partial charge in [-0.25, -0.2) is 0 Å². The highest BCUT2D eigenvalue weighted by Crippen LogP contribution is 2.34. The number of anilines is 1. The largest absolute Gasteiger partial charge is 0.497 e. The van der Waals surface area contributed by atoms with Gasteiger partial charge >= 0.3 is 0 Å². The van der Waals surface area contributed by atoms with Crippen molar-refractivity contribution in [3.63, 3.8) is 0 Å². The Morgan fingerprint density at radius 1 is 0.903 bits per heavy atom. The van der Waals surface area contributed by atoms with Gasteiger partial charge in [0.1, 0.15) is 11.5 Å². The van der Waals surface area contributed by atoms with Crippen molar-refractivity contribution in [3.8, 4) is 23.0 Å². The summed E-state index contributed by atoms with van der Waals surface area (Å²) in [5.74, 6) is 2.89. The van der Waals surface area contributed by atoms with Gasteiger partial charge in [-0.15, -0.1) is 0 Å². The molecule has 7 heteroatoms. The van der Waals surface area contributed by atoms with Crippen LogP contribution in [0.15, 0.2) is 36.4 Å². The topological polar surface area (TPSA) is 60.5 Å². The Bertz CT molecular complexity index is 871. The second kappa shape index (κ2) is 10.4. The number of methoxy groups -OCH3 is 4. The van der Waals surface area contributed by atoms with Gasteiger partial charge in [-0.2, -0.15) is 0 Å². The van der Waals surface area contributed by atoms with Gasteiger partial charge in [-0.1, -0.05) is 0 Å². The highest BCUT2D eigenvalue weighted by molar-refractivity contribution is 5.92. The maximum atomic E-state index is 12.5. The fraction of sp³-hybridized carbons (Fsp3) is 0.458. The summed E-state index contributed by atoms with van der Waals surface area (Å²) in [5, 5.41) is 0. The Balaban J connectivity index is 1.69. The van der Waals surface area contributed by atoms with Gasteiger partial charge in [0.15, 0.2) is 11.5 Å². The van der Waals surface area contributed by atoms with Crippen LogP contribution in [0.2, 0.25) is 0 Å². The molecule has 1 aliphatic rings. The smallest absolute Gasteiger partial charge is 0.224 e. The molecule has 1 aliphatic heterocycles. The standard InChI is InChI=1S/C24H32N2O5/c1-17(27)26(20-6-7-23(30-4)24(14-20)31-5)19-8-10-25(11-9-19)16-18-12-21(28-2)15-22(13-18)29-3/h6-7,12-15,19H,8-11,16H2,1-5H3. The first-order valence-electron chi connectivity index (χ1n) is 10.4. The fourth-order valence-electron chi connectivity index (χ4n) is 4.18. The summed E-state index contributed by atoms with van der Waals surface area (Å²) in [6.45, 7) is 4.24. The monoisotopic (exact) mass is 428 g/mol. The van der Waals surface area contributed by atoms with E-state index >= 15 is 0 Å². The predicted octanol–water partition coefficient (Wildman–Crippen LogP) is 3.74. The number of carbonyl (C=O) groups is 1. The first-order valence-corrected chi connectivity index (χ1v) is 10.4. The molecule has 1 fully saturated rings. The maximum absolute atomic E-state index is 12.5. The molecule has 7 nitrogen and oxygen atoms in total. The second-order valence-corrected chi connectivity index (χ2v) is 7.66. The molecule has 0 spiro atoms. The van der Waals surface area contributed by atoms with Crippen LogP contribution in [0.3, 0.4) is 0 Å². The first-order chi connectivity index (χ1) is 15.0. The van der Waals surface area contributed by atoms with Crippen molar-refractivity contribution in [1.82, 2.24) is 4.90 Å². The van der Waals surface area contributed by atoms with Crippen molar-refractivity contribution < 1.29 is 23.7 Å². The van der Waals surface area contributed by atoms with Crippen LogP contribution < -0.4 is 23.8 Å². The van der Waals surface area contributed by atoms with Crippen molar-refractivity contribution in [1.29, 1.82) is 0 Å². The minimum atomic E-state index is 0.0307. The molecule has 3 rings (SSSR count). The molecule has 168 valence electrons. The number of hydrogen-bond donors (Lipinski definition) is 0. The summed E-state index contributed by atoms with van der Waals surface area (Å²) < 4.78 is 21.5. The molecule has 0 N–H and O–H groups in total. The number of piperidine rings is 1. The van der Waals surface area contributed by atoms with Gasteiger partial charge in [-0.05, 0) is 42.7 Å². The van der Waals surface area contributed by atoms with E-state index in [0.717, 1.165) is 55.2 Å². The van der Waals surface area contributed by atoms with Crippen molar-refractivity contribution >= 4 is 11.6 Å². The summed E-state index contributed by atoms with van der Waals surface area (Å²) in [6.07, 6.45) is 1.80. The number of carbonyl (C=O) groups excluding carboxylic acids is 1. The van der Waals surface area contributed by atoms with Crippen LogP contribution in [0, 0.1) is 0 Å². The van der Waals surface area contributed by atoms with E-state index < -0.39 is 0 Å². The molecule has 0 unspecified atom stereocenters. The lowest BCUT2D eigenvalue weighted by atomic mass is 10.0. The van der Waals surface area contributed by atoms with E-state index in [1.54, 1.807) is 35.4 Å². The lowest BCUT2D eigenvalue weighted by molar-refractivity contribution is -0.117. The van der Waals surface area contributed by atoms with E-state index in [0.29, 0.717) is 11.5 Å². The van der Waals surface area contributed by atoms with E-state index in [-0.39, 0.29) is 11.9 Å². The number of ether oxygens (including phenoxy) is 4. The summed E-state index contributed by atoms with van der Waals surface area (Å²) in [4.78, 5) is 16.8. The Hall–Kier alpha value is -2.93. The zero-order valence-corrected chi connectivity index (χ0v) is 19.0. The molecule has 1 saturated heterocycles. The van der Waals surface area contributed by atoms with Gasteiger partial charge in [0.2, 0.25) is 5.91 Å². The van der Waals surface area contributed by atoms with Gasteiger partial charge in [0, 0.05) is 50.4 Å². The van der Waals surface area contributed by atoms with Crippen molar-refractivity contribution in [2.75, 3.05) is 46.4 Å². The predicted molar refractivity (Wildman–Crippen MR) is 121 cm³/mol. The molecular weight excluding hydrogens is 396 g/mol. The van der Waals surface area contributed by atoms with Gasteiger partial charge < -0.3 is 23.8 Å². The normalized spacial score (nSPS) is 14.7. The zero-order chi connectivity index (χ0) is 22.4. The van der Waals surface area contributed by atoms with E-state index in [1.807, 2.05) is 41.3 Å². The molecule has 2 aromatic rings. The Kier molecular flexibility index (Phi) is 7.63. The van der Waals surface area contributed by atoms with Gasteiger partial charge in [0.05, 0.1) is 28.4 Å². The lowest BCUT2D eigenvalue weighted by Crippen LogP contribution is -2.46. The molecular formula is C24H32N2O5. The quantitative estimate of drug-likeness (QED) is 0.638. The van der Waals surface area contributed by atoms with Crippen LogP contribution in [-0.4, -0.2) is 58.4 Å². The highest BCUT2D eigenvalue weighted by atomic mass is 16.5. The summed E-state index contributed by atoms with van der Waals surface area (Å²) >= 11 is 0. The minimum absolute atomic E-state index is 0.0307. The Morgan fingerprint density at radius 3 is 2.03 bits per heavy atom. The van der Waals surface area contributed by atoms with Crippen LogP contribution in [0.25, 0.3) is 0 Å². The molecule has 0 aromatic heterocycles. The molecule has 0 radical (unpaired) electrons. The average molecular weight is 429 g/mol. The van der Waals surface area contributed by atoms with E-state index in [9.17, 15) is 4.79 Å². The van der Waals surface area contributed by atoms with E-state index in [2.05, 4.69) is 4.90 Å². The highest BCUT2D eigenvalue weighted by Gasteiger charge is 2.28. The third kappa shape index (κ3) is 5.41. The van der Waals surface area contributed by atoms with Gasteiger partial charge in [0.25, 0.3) is 0 Å². The van der Waals surface area contributed by atoms with E-state index in [4.69, 9.17) is 18.9 Å². The average Bonchev–Trinajstić information content (AvgIpc) is 2.79. The maximum Gasteiger partial charge on any atom is 0.224 e. The Morgan fingerprint density at radius 2 is 1.52 bits per heavy atom. The van der Waals surface area contributed by atoms with Crippen molar-refractivity contribution in [3.05, 3.63) is 42.0 Å². The van der Waals surface area contributed by atoms with E-state index in [1.165, 1.54) is 0 Å². The van der Waals surface area contributed by atoms with Crippen LogP contribution in [0.1, 0.15) is 25.3 Å². The molecule has 0 aliphatic carbocycles. The summed E-state index contributed by atoms with van der Waals surface area (Å²) in [5.41, 5.74) is 1.99. The van der Waals surface area contributed by atoms with Crippen molar-refractivity contribution in [2.24, 2.45) is 0 Å². The van der Waals surface area contributed by atoms with Crippen LogP contribution in [-0.2, 0) is 11.3 Å². The van der Waals surface area contributed by atoms with Gasteiger partial charge in [-0.3, -0.25) is 9.69 Å². The fourth-order valence-corrected chi connectivity index (χ4v) is 4.18. The third-order valence-corrected chi connectivity index (χ3v) is 5.72. The summed E-state index contributed by atoms with van der Waals surface area (Å²) in [7, 11) is 6.53. The molecule has 31 heavy (non-hydrogen) atoms. The molecule has 2 aromatic carbocycles. The van der Waals surface area contributed by atoms with Crippen LogP contribution in [0.4, 0.5) is 5.69 Å². The Labute approximate surface area is 184 Å². The number of likely N-dealkylation sites (tertiary alicyclic amines) is 1. The number of amides is 1. The second-order valence-electron chi connectivity index (χ2n) is 7.66. The first kappa shape index (κ1) is 22.7. The van der Waals surface area contributed by atoms with Crippen molar-refractivity contribution in [2.45, 2.75) is 32.4 Å². The molecule has 0 atom stereocenters. The number of nitrogens with zero attached hydrogens (tertiary/aromatic N) is 2. The molecule has 0 bridgehead atoms. The minimum Gasteiger partial charge on any atom is -0.497 e. The van der Waals surface area contributed by atoms with Crippen LogP contribution in [0.5, 0.6) is 23.0 Å². The number of hydrogen-bond acceptors (Lipinski definition) is 6. The molecule has 0 saturated carbocycles. The number of rotatable bonds is 8. The summed E-state index contributed by atoms with van der Waals surface area (Å²) in [6, 6.07) is 11.7. The molecule has 1 amide bonds. The zero-order valence-electron chi connectivity index (χ0n) is 19.0. The lowest BCUT2D eigenvalue weighted by Gasteiger charge is -2.38. The molecule has 1 heterocycles. The third-order valence-electron chi connectivity index (χ3n) is 5.72. The SMILES string of the molecule is COc1cc(CN2CCC(N(C(C)=O)c3ccc(OC)c(OC)c3)CC2)cc(OC)c1. The van der Waals surface area contributed by atoms with Crippen LogP contribution >= 0.6 is 0 Å². The number of benzene rings is 2.